The summed E-state index contributed by atoms with van der Waals surface area (Å²) in [6.07, 6.45) is 2.36. The first-order chi connectivity index (χ1) is 12.5. The van der Waals surface area contributed by atoms with E-state index in [1.807, 2.05) is 6.26 Å². The number of alkyl halides is 3. The maximum Gasteiger partial charge on any atom is 0.511 e. The maximum atomic E-state index is 12.6. The number of carbonyl (C=O) groups is 1. The number of nitrogens with one attached hydrogen (secondary N) is 2. The number of guanidine groups is 1. The first-order valence-corrected chi connectivity index (χ1v) is 11.1. The second-order valence-corrected chi connectivity index (χ2v) is 9.06. The predicted octanol–water partition coefficient (Wildman–Crippen LogP) is 0.905. The van der Waals surface area contributed by atoms with Crippen LogP contribution in [0.3, 0.4) is 0 Å². The fourth-order valence-electron chi connectivity index (χ4n) is 2.29. The Morgan fingerprint density at radius 3 is 2.32 bits per heavy atom. The largest absolute Gasteiger partial charge is 0.511 e. The predicted molar refractivity (Wildman–Crippen MR) is 116 cm³/mol. The molecule has 1 amide bonds. The highest BCUT2D eigenvalue weighted by molar-refractivity contribution is 14.0. The Morgan fingerprint density at radius 2 is 1.86 bits per heavy atom. The van der Waals surface area contributed by atoms with Gasteiger partial charge in [-0.25, -0.2) is 13.4 Å². The van der Waals surface area contributed by atoms with E-state index in [-0.39, 0.29) is 68.4 Å². The number of aliphatic imine (C=N–C) groups is 1. The molecule has 0 aromatic heterocycles. The van der Waals surface area contributed by atoms with Crippen molar-refractivity contribution in [1.82, 2.24) is 19.8 Å². The molecule has 0 bridgehead atoms. The normalized spacial score (nSPS) is 17.0. The van der Waals surface area contributed by atoms with Gasteiger partial charge in [-0.15, -0.1) is 24.0 Å². The lowest BCUT2D eigenvalue weighted by atomic mass is 10.1. The third kappa shape index (κ3) is 8.49. The molecule has 28 heavy (non-hydrogen) atoms. The van der Waals surface area contributed by atoms with Crippen molar-refractivity contribution in [2.75, 3.05) is 52.3 Å². The summed E-state index contributed by atoms with van der Waals surface area (Å²) in [6, 6.07) is -0.236. The zero-order valence-corrected chi connectivity index (χ0v) is 19.9. The minimum Gasteiger partial charge on any atom is -0.356 e. The molecule has 0 unspecified atom stereocenters. The van der Waals surface area contributed by atoms with Gasteiger partial charge in [-0.1, -0.05) is 0 Å². The maximum absolute atomic E-state index is 12.6. The van der Waals surface area contributed by atoms with Crippen molar-refractivity contribution in [3.05, 3.63) is 0 Å². The Morgan fingerprint density at radius 1 is 1.29 bits per heavy atom. The molecule has 0 spiro atoms. The molecule has 1 aliphatic heterocycles. The number of likely N-dealkylation sites (N-methyl/N-ethyl adjacent to an activating group) is 1. The summed E-state index contributed by atoms with van der Waals surface area (Å²) in [4.78, 5) is 17.3. The second kappa shape index (κ2) is 12.3. The third-order valence-electron chi connectivity index (χ3n) is 3.90. The topological polar surface area (TPSA) is 94.1 Å². The molecule has 0 atom stereocenters. The molecule has 2 N–H and O–H groups in total. The number of halogens is 4. The zero-order valence-electron chi connectivity index (χ0n) is 16.0. The van der Waals surface area contributed by atoms with E-state index in [1.165, 1.54) is 4.90 Å². The summed E-state index contributed by atoms with van der Waals surface area (Å²) in [5.74, 6) is 1.01. The van der Waals surface area contributed by atoms with Crippen molar-refractivity contribution >= 4 is 57.6 Å². The van der Waals surface area contributed by atoms with Crippen LogP contribution in [0.15, 0.2) is 4.99 Å². The van der Waals surface area contributed by atoms with Crippen LogP contribution in [-0.2, 0) is 14.8 Å². The van der Waals surface area contributed by atoms with Gasteiger partial charge in [-0.2, -0.15) is 29.2 Å². The molecule has 14 heteroatoms. The molecule has 1 fully saturated rings. The van der Waals surface area contributed by atoms with Crippen LogP contribution in [0.5, 0.6) is 0 Å². The highest BCUT2D eigenvalue weighted by Gasteiger charge is 2.50. The van der Waals surface area contributed by atoms with E-state index in [0.29, 0.717) is 16.8 Å². The van der Waals surface area contributed by atoms with Gasteiger partial charge in [-0.3, -0.25) is 4.79 Å². The van der Waals surface area contributed by atoms with Crippen molar-refractivity contribution < 1.29 is 26.4 Å². The molecular formula is C14H27F3IN5O3S2. The molecule has 1 heterocycles. The molecule has 1 rings (SSSR count). The smallest absolute Gasteiger partial charge is 0.356 e. The Hall–Kier alpha value is -0.480. The molecule has 1 saturated heterocycles. The van der Waals surface area contributed by atoms with E-state index >= 15 is 0 Å². The molecule has 0 aromatic rings. The number of nitrogens with zero attached hydrogens (tertiary/aromatic N) is 3. The van der Waals surface area contributed by atoms with Gasteiger partial charge in [0.15, 0.2) is 5.96 Å². The Balaban J connectivity index is 0.00000729. The highest BCUT2D eigenvalue weighted by atomic mass is 127. The van der Waals surface area contributed by atoms with Crippen molar-refractivity contribution in [3.8, 4) is 0 Å². The van der Waals surface area contributed by atoms with Crippen molar-refractivity contribution in [2.24, 2.45) is 4.99 Å². The van der Waals surface area contributed by atoms with Crippen LogP contribution in [0.2, 0.25) is 0 Å². The standard InChI is InChI=1S/C14H26F3N5O3S2.HI/c1-21(2)12(23)10-19-13(18-6-9-26-3)20-11-4-7-22(8-5-11)27(24,25)14(15,16)17;/h11H,4-10H2,1-3H3,(H2,18,19,20);1H. The number of thioether (sulfide) groups is 1. The van der Waals surface area contributed by atoms with Crippen LogP contribution < -0.4 is 10.6 Å². The summed E-state index contributed by atoms with van der Waals surface area (Å²) < 4.78 is 61.2. The van der Waals surface area contributed by atoms with Gasteiger partial charge in [0.05, 0.1) is 0 Å². The molecule has 1 aliphatic rings. The summed E-state index contributed by atoms with van der Waals surface area (Å²) in [6.45, 7) is 0.0792. The average Bonchev–Trinajstić information content (AvgIpc) is 2.58. The second-order valence-electron chi connectivity index (χ2n) is 6.14. The fraction of sp³-hybridized carbons (Fsp3) is 0.857. The number of carbonyl (C=O) groups excluding carboxylic acids is 1. The number of sulfonamides is 1. The van der Waals surface area contributed by atoms with Crippen molar-refractivity contribution in [3.63, 3.8) is 0 Å². The molecular weight excluding hydrogens is 534 g/mol. The minimum atomic E-state index is -5.29. The van der Waals surface area contributed by atoms with Crippen molar-refractivity contribution in [1.29, 1.82) is 0 Å². The number of piperidine rings is 1. The average molecular weight is 561 g/mol. The van der Waals surface area contributed by atoms with Crippen LogP contribution >= 0.6 is 35.7 Å². The summed E-state index contributed by atoms with van der Waals surface area (Å²) >= 11 is 1.62. The Labute approximate surface area is 185 Å². The van der Waals surface area contributed by atoms with Crippen LogP contribution in [0.4, 0.5) is 13.2 Å². The molecule has 0 radical (unpaired) electrons. The van der Waals surface area contributed by atoms with E-state index in [4.69, 9.17) is 0 Å². The van der Waals surface area contributed by atoms with Gasteiger partial charge < -0.3 is 15.5 Å². The lowest BCUT2D eigenvalue weighted by Crippen LogP contribution is -2.52. The van der Waals surface area contributed by atoms with Gasteiger partial charge in [0.2, 0.25) is 5.91 Å². The fourth-order valence-corrected chi connectivity index (χ4v) is 3.58. The van der Waals surface area contributed by atoms with Crippen LogP contribution in [-0.4, -0.2) is 93.3 Å². The number of rotatable bonds is 7. The summed E-state index contributed by atoms with van der Waals surface area (Å²) in [7, 11) is -2.07. The van der Waals surface area contributed by atoms with E-state index < -0.39 is 15.5 Å². The van der Waals surface area contributed by atoms with E-state index in [9.17, 15) is 26.4 Å². The lowest BCUT2D eigenvalue weighted by molar-refractivity contribution is -0.127. The molecule has 0 aliphatic carbocycles. The molecule has 8 nitrogen and oxygen atoms in total. The van der Waals surface area contributed by atoms with Gasteiger partial charge in [0.25, 0.3) is 0 Å². The number of hydrogen-bond acceptors (Lipinski definition) is 5. The Kier molecular flexibility index (Phi) is 12.1. The molecule has 0 aromatic carbocycles. The van der Waals surface area contributed by atoms with Gasteiger partial charge in [0, 0.05) is 45.5 Å². The van der Waals surface area contributed by atoms with E-state index in [1.54, 1.807) is 25.9 Å². The van der Waals surface area contributed by atoms with Crippen LogP contribution in [0.1, 0.15) is 12.8 Å². The lowest BCUT2D eigenvalue weighted by Gasteiger charge is -2.32. The number of hydrogen-bond donors (Lipinski definition) is 2. The highest BCUT2D eigenvalue weighted by Crippen LogP contribution is 2.28. The molecule has 0 saturated carbocycles. The minimum absolute atomic E-state index is 0. The quantitative estimate of drug-likeness (QED) is 0.208. The monoisotopic (exact) mass is 561 g/mol. The summed E-state index contributed by atoms with van der Waals surface area (Å²) in [5.41, 5.74) is -5.29. The zero-order chi connectivity index (χ0) is 20.7. The van der Waals surface area contributed by atoms with E-state index in [0.717, 1.165) is 5.75 Å². The summed E-state index contributed by atoms with van der Waals surface area (Å²) in [5, 5.41) is 6.14. The Bertz CT molecular complexity index is 624. The third-order valence-corrected chi connectivity index (χ3v) is 6.14. The first-order valence-electron chi connectivity index (χ1n) is 8.29. The van der Waals surface area contributed by atoms with Crippen molar-refractivity contribution in [2.45, 2.75) is 24.4 Å². The van der Waals surface area contributed by atoms with Crippen LogP contribution in [0.25, 0.3) is 0 Å². The van der Waals surface area contributed by atoms with Gasteiger partial charge in [0.1, 0.15) is 6.54 Å². The van der Waals surface area contributed by atoms with Gasteiger partial charge >= 0.3 is 15.5 Å². The SMILES string of the molecule is CSCCNC(=NCC(=O)N(C)C)NC1CCN(S(=O)(=O)C(F)(F)F)CC1.I. The van der Waals surface area contributed by atoms with Gasteiger partial charge in [-0.05, 0) is 19.1 Å². The number of amides is 1. The van der Waals surface area contributed by atoms with Crippen LogP contribution in [0, 0.1) is 0 Å². The van der Waals surface area contributed by atoms with E-state index in [2.05, 4.69) is 15.6 Å². The first kappa shape index (κ1) is 27.5. The molecule has 166 valence electrons.